The van der Waals surface area contributed by atoms with Crippen molar-refractivity contribution in [1.29, 1.82) is 0 Å². The summed E-state index contributed by atoms with van der Waals surface area (Å²) in [6, 6.07) is 42.4. The van der Waals surface area contributed by atoms with Gasteiger partial charge in [-0.15, -0.1) is 93.4 Å². The summed E-state index contributed by atoms with van der Waals surface area (Å²) in [4.78, 5) is 0. The van der Waals surface area contributed by atoms with Gasteiger partial charge in [-0.05, 0) is 41.7 Å². The van der Waals surface area contributed by atoms with Crippen molar-refractivity contribution in [1.82, 2.24) is 0 Å². The van der Waals surface area contributed by atoms with E-state index in [1.54, 1.807) is 0 Å². The second-order valence-corrected chi connectivity index (χ2v) is 11.9. The van der Waals surface area contributed by atoms with Crippen LogP contribution in [0, 0.1) is 42.5 Å². The number of fused-ring (bicyclic) bond motifs is 3. The summed E-state index contributed by atoms with van der Waals surface area (Å²) in [6.07, 6.45) is 0. The first-order valence-corrected chi connectivity index (χ1v) is 19.1. The van der Waals surface area contributed by atoms with E-state index >= 15 is 0 Å². The molecular formula is C43H46Cl2SiZr-4. The van der Waals surface area contributed by atoms with Gasteiger partial charge in [0.25, 0.3) is 0 Å². The molecule has 0 heterocycles. The summed E-state index contributed by atoms with van der Waals surface area (Å²) < 4.78 is 0. The molecule has 0 nitrogen and oxygen atoms in total. The Hall–Kier alpha value is -2.74. The fourth-order valence-electron chi connectivity index (χ4n) is 6.26. The van der Waals surface area contributed by atoms with E-state index in [-0.39, 0.29) is 39.7 Å². The molecule has 2 radical (unpaired) electrons. The number of hydrogen-bond acceptors (Lipinski definition) is 0. The van der Waals surface area contributed by atoms with E-state index in [1.807, 2.05) is 0 Å². The van der Waals surface area contributed by atoms with Crippen molar-refractivity contribution < 1.29 is 23.3 Å². The number of rotatable bonds is 3. The summed E-state index contributed by atoms with van der Waals surface area (Å²) in [5.74, 6) is 0.578. The molecule has 0 spiro atoms. The summed E-state index contributed by atoms with van der Waals surface area (Å²) in [5.41, 5.74) is 12.1. The first-order chi connectivity index (χ1) is 20.8. The SMILES string of the molecule is Cc1cc(C)cc(-c2cccc3[cH-]c(C(C)C)cc23)c1.Cc1cc2c(-c3cccc4ccccc34)ccc(C)c2[cH-]1.Cl.Cl.[CH3-].[CH3-].[Si]=[Zr]. The van der Waals surface area contributed by atoms with Gasteiger partial charge < -0.3 is 14.9 Å². The predicted molar refractivity (Wildman–Crippen MR) is 214 cm³/mol. The molecule has 0 aromatic heterocycles. The molecule has 0 atom stereocenters. The Labute approximate surface area is 312 Å². The van der Waals surface area contributed by atoms with E-state index in [9.17, 15) is 0 Å². The van der Waals surface area contributed by atoms with Gasteiger partial charge in [-0.3, -0.25) is 0 Å². The maximum absolute atomic E-state index is 3.06. The molecule has 0 unspecified atom stereocenters. The fourth-order valence-corrected chi connectivity index (χ4v) is 6.26. The van der Waals surface area contributed by atoms with Crippen molar-refractivity contribution in [2.75, 3.05) is 0 Å². The second-order valence-electron chi connectivity index (χ2n) is 11.9. The summed E-state index contributed by atoms with van der Waals surface area (Å²) >= 11 is 1.36. The molecule has 244 valence electrons. The molecule has 0 saturated heterocycles. The van der Waals surface area contributed by atoms with Gasteiger partial charge in [-0.2, -0.15) is 12.1 Å². The molecule has 7 rings (SSSR count). The third-order valence-electron chi connectivity index (χ3n) is 8.30. The minimum absolute atomic E-state index is 0. The number of aryl methyl sites for hydroxylation is 4. The average molecular weight is 753 g/mol. The number of halogens is 2. The summed E-state index contributed by atoms with van der Waals surface area (Å²) in [6.45, 7) is 16.3. The standard InChI is InChI=1S/C21H17.C20H21.2CH3.2ClH.Si.Zr/c1-14-12-20-15(2)10-11-19(21(20)13-14)18-9-5-7-16-6-3-4-8-17(16)18;1-13(2)17-11-16-6-5-7-19(20(16)12-17)18-9-14(3)8-15(4)10-18;;;;;;/h3-13H,1-2H3;5-13H,1-4H3;2*1H3;2*1H;;/q4*-1;;;;. The van der Waals surface area contributed by atoms with Gasteiger partial charge in [0, 0.05) is 0 Å². The van der Waals surface area contributed by atoms with E-state index in [1.165, 1.54) is 106 Å². The third-order valence-corrected chi connectivity index (χ3v) is 8.30. The Morgan fingerprint density at radius 1 is 0.574 bits per heavy atom. The van der Waals surface area contributed by atoms with Crippen molar-refractivity contribution in [2.24, 2.45) is 0 Å². The molecule has 0 aliphatic heterocycles. The third kappa shape index (κ3) is 9.24. The van der Waals surface area contributed by atoms with Crippen molar-refractivity contribution in [3.05, 3.63) is 158 Å². The first kappa shape index (κ1) is 42.3. The van der Waals surface area contributed by atoms with Crippen LogP contribution in [-0.4, -0.2) is 6.88 Å². The van der Waals surface area contributed by atoms with Gasteiger partial charge in [0.1, 0.15) is 0 Å². The number of hydrogen-bond donors (Lipinski definition) is 0. The molecule has 0 saturated carbocycles. The molecule has 0 N–H and O–H groups in total. The predicted octanol–water partition coefficient (Wildman–Crippen LogP) is 13.3. The summed E-state index contributed by atoms with van der Waals surface area (Å²) in [5, 5.41) is 8.09. The van der Waals surface area contributed by atoms with Crippen LogP contribution < -0.4 is 0 Å². The van der Waals surface area contributed by atoms with Crippen LogP contribution in [-0.2, 0) is 23.3 Å². The molecule has 0 aliphatic rings. The molecule has 47 heavy (non-hydrogen) atoms. The Bertz CT molecular complexity index is 2020. The van der Waals surface area contributed by atoms with Crippen molar-refractivity contribution in [3.8, 4) is 22.3 Å². The van der Waals surface area contributed by atoms with Gasteiger partial charge in [-0.1, -0.05) is 123 Å². The molecule has 7 aromatic rings. The second kappa shape index (κ2) is 18.7. The normalized spacial score (nSPS) is 10.0. The number of benzene rings is 5. The minimum atomic E-state index is 0. The van der Waals surface area contributed by atoms with E-state index in [0.717, 1.165) is 0 Å². The van der Waals surface area contributed by atoms with Crippen LogP contribution in [0.2, 0.25) is 0 Å². The molecule has 0 amide bonds. The van der Waals surface area contributed by atoms with Crippen LogP contribution in [0.3, 0.4) is 0 Å². The Morgan fingerprint density at radius 3 is 1.85 bits per heavy atom. The van der Waals surface area contributed by atoms with E-state index < -0.39 is 0 Å². The van der Waals surface area contributed by atoms with Gasteiger partial charge in [0.2, 0.25) is 0 Å². The Balaban J connectivity index is 0.000000414. The molecule has 4 heteroatoms. The summed E-state index contributed by atoms with van der Waals surface area (Å²) in [7, 11) is 0. The molecular weight excluding hydrogens is 707 g/mol. The molecule has 0 bridgehead atoms. The fraction of sp³-hybridized carbons (Fsp3) is 0.163. The van der Waals surface area contributed by atoms with Crippen LogP contribution >= 0.6 is 24.8 Å². The van der Waals surface area contributed by atoms with Gasteiger partial charge in [-0.25, -0.2) is 0 Å². The Kier molecular flexibility index (Phi) is 16.8. The van der Waals surface area contributed by atoms with Crippen molar-refractivity contribution >= 4 is 64.0 Å². The first-order valence-electron chi connectivity index (χ1n) is 15.0. The van der Waals surface area contributed by atoms with Crippen LogP contribution in [0.1, 0.15) is 47.6 Å². The van der Waals surface area contributed by atoms with E-state index in [4.69, 9.17) is 0 Å². The molecule has 0 fully saturated rings. The zero-order valence-electron chi connectivity index (χ0n) is 28.9. The van der Waals surface area contributed by atoms with Gasteiger partial charge in [0.05, 0.1) is 0 Å². The van der Waals surface area contributed by atoms with Gasteiger partial charge in [0.15, 0.2) is 0 Å². The zero-order valence-corrected chi connectivity index (χ0v) is 34.0. The quantitative estimate of drug-likeness (QED) is 0.125. The maximum atomic E-state index is 3.06. The topological polar surface area (TPSA) is 0 Å². The van der Waals surface area contributed by atoms with Gasteiger partial charge >= 0.3 is 30.2 Å². The molecule has 7 aromatic carbocycles. The monoisotopic (exact) mass is 750 g/mol. The average Bonchev–Trinajstić information content (AvgIpc) is 3.62. The Morgan fingerprint density at radius 2 is 1.17 bits per heavy atom. The van der Waals surface area contributed by atoms with Crippen molar-refractivity contribution in [3.63, 3.8) is 0 Å². The van der Waals surface area contributed by atoms with E-state index in [2.05, 4.69) is 164 Å². The van der Waals surface area contributed by atoms with Crippen LogP contribution in [0.15, 0.2) is 115 Å². The van der Waals surface area contributed by atoms with E-state index in [0.29, 0.717) is 5.92 Å². The zero-order chi connectivity index (χ0) is 30.7. The van der Waals surface area contributed by atoms with Crippen LogP contribution in [0.4, 0.5) is 0 Å². The van der Waals surface area contributed by atoms with Crippen LogP contribution in [0.25, 0.3) is 54.6 Å². The molecule has 0 aliphatic carbocycles. The van der Waals surface area contributed by atoms with Crippen molar-refractivity contribution in [2.45, 2.75) is 47.5 Å². The van der Waals surface area contributed by atoms with Crippen LogP contribution in [0.5, 0.6) is 0 Å².